The molecule has 0 spiro atoms. The molecule has 0 aliphatic heterocycles. The van der Waals surface area contributed by atoms with Crippen molar-refractivity contribution in [3.8, 4) is 5.69 Å². The Labute approximate surface area is 151 Å². The summed E-state index contributed by atoms with van der Waals surface area (Å²) in [7, 11) is 3.99. The molecule has 3 aromatic rings. The summed E-state index contributed by atoms with van der Waals surface area (Å²) in [5, 5.41) is 2.87. The number of pyridine rings is 1. The fourth-order valence-electron chi connectivity index (χ4n) is 2.87. The highest BCUT2D eigenvalue weighted by molar-refractivity contribution is 5.80. The van der Waals surface area contributed by atoms with Gasteiger partial charge in [0.15, 0.2) is 5.65 Å². The van der Waals surface area contributed by atoms with Gasteiger partial charge in [0.1, 0.15) is 6.54 Å². The highest BCUT2D eigenvalue weighted by atomic mass is 16.2. The molecule has 1 amide bonds. The number of para-hydroxylation sites is 1. The fraction of sp³-hybridized carbons (Fsp3) is 0.316. The lowest BCUT2D eigenvalue weighted by atomic mass is 10.3. The quantitative estimate of drug-likeness (QED) is 0.649. The molecule has 1 aromatic carbocycles. The number of amides is 1. The summed E-state index contributed by atoms with van der Waals surface area (Å²) < 4.78 is 3.01. The number of carbonyl (C=O) groups is 1. The van der Waals surface area contributed by atoms with Crippen molar-refractivity contribution < 1.29 is 4.79 Å². The molecule has 0 fully saturated rings. The molecule has 0 aliphatic carbocycles. The van der Waals surface area contributed by atoms with Gasteiger partial charge in [-0.1, -0.05) is 18.2 Å². The number of carbonyl (C=O) groups excluding carboxylic acids is 1. The van der Waals surface area contributed by atoms with Crippen molar-refractivity contribution in [1.29, 1.82) is 0 Å². The van der Waals surface area contributed by atoms with E-state index in [2.05, 4.69) is 15.2 Å². The molecule has 0 saturated heterocycles. The second-order valence-corrected chi connectivity index (χ2v) is 6.39. The minimum Gasteiger partial charge on any atom is -0.354 e. The third-order valence-electron chi connectivity index (χ3n) is 4.11. The maximum absolute atomic E-state index is 12.9. The van der Waals surface area contributed by atoms with Crippen LogP contribution in [0.15, 0.2) is 53.5 Å². The molecular formula is C19H23N5O2. The van der Waals surface area contributed by atoms with Gasteiger partial charge in [0.25, 0.3) is 0 Å². The van der Waals surface area contributed by atoms with Crippen molar-refractivity contribution in [1.82, 2.24) is 24.3 Å². The number of aromatic nitrogens is 3. The van der Waals surface area contributed by atoms with Crippen molar-refractivity contribution in [3.05, 3.63) is 59.1 Å². The van der Waals surface area contributed by atoms with Crippen molar-refractivity contribution >= 4 is 17.1 Å². The average molecular weight is 353 g/mol. The second kappa shape index (κ2) is 7.97. The molecule has 2 aromatic heterocycles. The highest BCUT2D eigenvalue weighted by Gasteiger charge is 2.17. The lowest BCUT2D eigenvalue weighted by molar-refractivity contribution is -0.121. The summed E-state index contributed by atoms with van der Waals surface area (Å²) in [6, 6.07) is 12.9. The molecule has 0 saturated carbocycles. The third-order valence-corrected chi connectivity index (χ3v) is 4.11. The van der Waals surface area contributed by atoms with Crippen LogP contribution in [0.5, 0.6) is 0 Å². The fourth-order valence-corrected chi connectivity index (χ4v) is 2.87. The Balaban J connectivity index is 1.86. The van der Waals surface area contributed by atoms with E-state index in [1.54, 1.807) is 12.3 Å². The number of hydrogen-bond acceptors (Lipinski definition) is 4. The van der Waals surface area contributed by atoms with Crippen LogP contribution in [0, 0.1) is 0 Å². The Hall–Kier alpha value is -2.93. The zero-order valence-electron chi connectivity index (χ0n) is 15.1. The summed E-state index contributed by atoms with van der Waals surface area (Å²) in [6.07, 6.45) is 2.51. The number of hydrogen-bond donors (Lipinski definition) is 1. The molecular weight excluding hydrogens is 330 g/mol. The van der Waals surface area contributed by atoms with Gasteiger partial charge in [0.2, 0.25) is 5.91 Å². The first kappa shape index (κ1) is 17.9. The summed E-state index contributed by atoms with van der Waals surface area (Å²) in [5.74, 6) is -0.179. The summed E-state index contributed by atoms with van der Waals surface area (Å²) in [5.41, 5.74) is 1.65. The maximum atomic E-state index is 12.9. The zero-order chi connectivity index (χ0) is 18.5. The third kappa shape index (κ3) is 3.83. The number of imidazole rings is 1. The number of benzene rings is 1. The Morgan fingerprint density at radius 2 is 1.92 bits per heavy atom. The molecule has 7 nitrogen and oxygen atoms in total. The zero-order valence-corrected chi connectivity index (χ0v) is 15.1. The van der Waals surface area contributed by atoms with E-state index in [-0.39, 0.29) is 18.1 Å². The predicted octanol–water partition coefficient (Wildman–Crippen LogP) is 1.26. The van der Waals surface area contributed by atoms with Gasteiger partial charge in [-0.25, -0.2) is 14.3 Å². The van der Waals surface area contributed by atoms with Gasteiger partial charge in [-0.05, 0) is 51.3 Å². The maximum Gasteiger partial charge on any atom is 0.335 e. The summed E-state index contributed by atoms with van der Waals surface area (Å²) >= 11 is 0. The monoisotopic (exact) mass is 353 g/mol. The van der Waals surface area contributed by atoms with Crippen LogP contribution < -0.4 is 11.0 Å². The van der Waals surface area contributed by atoms with Gasteiger partial charge in [0, 0.05) is 12.7 Å². The minimum absolute atomic E-state index is 0.0250. The van der Waals surface area contributed by atoms with E-state index in [0.717, 1.165) is 18.7 Å². The summed E-state index contributed by atoms with van der Waals surface area (Å²) in [4.78, 5) is 31.6. The van der Waals surface area contributed by atoms with Gasteiger partial charge in [-0.2, -0.15) is 0 Å². The topological polar surface area (TPSA) is 72.2 Å². The molecule has 7 heteroatoms. The van der Waals surface area contributed by atoms with Crippen molar-refractivity contribution in [3.63, 3.8) is 0 Å². The van der Waals surface area contributed by atoms with E-state index in [9.17, 15) is 9.59 Å². The molecule has 3 rings (SSSR count). The van der Waals surface area contributed by atoms with Gasteiger partial charge >= 0.3 is 5.69 Å². The Kier molecular flexibility index (Phi) is 5.48. The van der Waals surface area contributed by atoms with Gasteiger partial charge in [0.05, 0.1) is 11.2 Å². The lowest BCUT2D eigenvalue weighted by Crippen LogP contribution is -2.34. The van der Waals surface area contributed by atoms with Crippen LogP contribution in [0.3, 0.4) is 0 Å². The molecule has 0 radical (unpaired) electrons. The van der Waals surface area contributed by atoms with Crippen molar-refractivity contribution in [2.45, 2.75) is 13.0 Å². The first-order valence-corrected chi connectivity index (χ1v) is 8.61. The molecule has 1 N–H and O–H groups in total. The summed E-state index contributed by atoms with van der Waals surface area (Å²) in [6.45, 7) is 1.46. The van der Waals surface area contributed by atoms with E-state index in [4.69, 9.17) is 0 Å². The molecule has 136 valence electrons. The predicted molar refractivity (Wildman–Crippen MR) is 102 cm³/mol. The van der Waals surface area contributed by atoms with Crippen LogP contribution in [-0.4, -0.2) is 52.1 Å². The Morgan fingerprint density at radius 3 is 2.65 bits per heavy atom. The Morgan fingerprint density at radius 1 is 1.15 bits per heavy atom. The molecule has 0 bridgehead atoms. The molecule has 0 atom stereocenters. The van der Waals surface area contributed by atoms with Crippen molar-refractivity contribution in [2.75, 3.05) is 27.2 Å². The SMILES string of the molecule is CN(C)CCCNC(=O)Cn1c(=O)n(-c2ccccc2)c2ncccc21. The van der Waals surface area contributed by atoms with Crippen LogP contribution in [0.1, 0.15) is 6.42 Å². The van der Waals surface area contributed by atoms with E-state index in [0.29, 0.717) is 17.7 Å². The number of nitrogens with one attached hydrogen (secondary N) is 1. The largest absolute Gasteiger partial charge is 0.354 e. The average Bonchev–Trinajstić information content (AvgIpc) is 2.91. The number of fused-ring (bicyclic) bond motifs is 1. The number of nitrogens with zero attached hydrogens (tertiary/aromatic N) is 4. The van der Waals surface area contributed by atoms with Crippen molar-refractivity contribution in [2.24, 2.45) is 0 Å². The molecule has 2 heterocycles. The molecule has 26 heavy (non-hydrogen) atoms. The van der Waals surface area contributed by atoms with Crippen LogP contribution in [0.4, 0.5) is 0 Å². The van der Waals surface area contributed by atoms with Gasteiger partial charge < -0.3 is 10.2 Å². The normalized spacial score (nSPS) is 11.2. The minimum atomic E-state index is -0.270. The van der Waals surface area contributed by atoms with E-state index in [1.165, 1.54) is 9.13 Å². The molecule has 0 aliphatic rings. The van der Waals surface area contributed by atoms with E-state index < -0.39 is 0 Å². The Bertz CT molecular complexity index is 943. The van der Waals surface area contributed by atoms with Crippen LogP contribution in [-0.2, 0) is 11.3 Å². The van der Waals surface area contributed by atoms with Crippen LogP contribution in [0.2, 0.25) is 0 Å². The van der Waals surface area contributed by atoms with Gasteiger partial charge in [-0.3, -0.25) is 9.36 Å². The van der Waals surface area contributed by atoms with Crippen LogP contribution in [0.25, 0.3) is 16.9 Å². The first-order chi connectivity index (χ1) is 12.6. The smallest absolute Gasteiger partial charge is 0.335 e. The van der Waals surface area contributed by atoms with Crippen LogP contribution >= 0.6 is 0 Å². The van der Waals surface area contributed by atoms with Gasteiger partial charge in [-0.15, -0.1) is 0 Å². The molecule has 0 unspecified atom stereocenters. The van der Waals surface area contributed by atoms with E-state index in [1.807, 2.05) is 50.5 Å². The standard InChI is InChI=1S/C19H23N5O2/c1-22(2)13-7-12-20-17(25)14-23-16-10-6-11-21-18(16)24(19(23)26)15-8-4-3-5-9-15/h3-6,8-11H,7,12-14H2,1-2H3,(H,20,25). The number of rotatable bonds is 7. The first-order valence-electron chi connectivity index (χ1n) is 8.61. The second-order valence-electron chi connectivity index (χ2n) is 6.39. The highest BCUT2D eigenvalue weighted by Crippen LogP contribution is 2.15. The van der Waals surface area contributed by atoms with E-state index >= 15 is 0 Å². The lowest BCUT2D eigenvalue weighted by Gasteiger charge is -2.10.